The van der Waals surface area contributed by atoms with Gasteiger partial charge in [0, 0.05) is 35.1 Å². The van der Waals surface area contributed by atoms with E-state index in [0.717, 1.165) is 0 Å². The molecular weight excluding hydrogens is 291 g/mol. The van der Waals surface area contributed by atoms with Gasteiger partial charge in [-0.1, -0.05) is 42.5 Å². The van der Waals surface area contributed by atoms with Crippen molar-refractivity contribution in [3.05, 3.63) is 65.7 Å². The Morgan fingerprint density at radius 1 is 0.950 bits per heavy atom. The van der Waals surface area contributed by atoms with Crippen molar-refractivity contribution in [1.82, 2.24) is 0 Å². The van der Waals surface area contributed by atoms with Gasteiger partial charge in [0.1, 0.15) is 0 Å². The van der Waals surface area contributed by atoms with E-state index in [1.807, 2.05) is 0 Å². The standard InChI is InChI=1S/C13H10O5S.Na/c14-13(10-6-2-1-3-7-10)11-8-4-5-9-12(11)18-19(15,16)17;/h1-9H,(H,15,16,17);. The molecule has 99 valence electrons. The third kappa shape index (κ3) is 4.43. The molecule has 0 aliphatic carbocycles. The Morgan fingerprint density at radius 3 is 2.10 bits per heavy atom. The molecule has 0 saturated heterocycles. The van der Waals surface area contributed by atoms with Crippen LogP contribution in [0.15, 0.2) is 54.6 Å². The van der Waals surface area contributed by atoms with Crippen molar-refractivity contribution in [2.75, 3.05) is 0 Å². The SMILES string of the molecule is O=C(c1ccccc1)c1ccccc1OS(=O)(=O)O.[Na]. The number of para-hydroxylation sites is 1. The summed E-state index contributed by atoms with van der Waals surface area (Å²) in [6, 6.07) is 14.2. The normalized spacial score (nSPS) is 10.4. The molecule has 2 aromatic carbocycles. The minimum atomic E-state index is -4.67. The Hall–Kier alpha value is -1.18. The van der Waals surface area contributed by atoms with Crippen LogP contribution >= 0.6 is 0 Å². The van der Waals surface area contributed by atoms with Crippen LogP contribution in [0.3, 0.4) is 0 Å². The Kier molecular flexibility index (Phi) is 5.91. The van der Waals surface area contributed by atoms with Gasteiger partial charge in [-0.2, -0.15) is 8.42 Å². The topological polar surface area (TPSA) is 80.7 Å². The van der Waals surface area contributed by atoms with Gasteiger partial charge in [-0.25, -0.2) is 0 Å². The fraction of sp³-hybridized carbons (Fsp3) is 0. The van der Waals surface area contributed by atoms with E-state index in [1.54, 1.807) is 36.4 Å². The van der Waals surface area contributed by atoms with E-state index in [2.05, 4.69) is 4.18 Å². The fourth-order valence-corrected chi connectivity index (χ4v) is 1.96. The first kappa shape index (κ1) is 16.9. The quantitative estimate of drug-likeness (QED) is 0.528. The van der Waals surface area contributed by atoms with Crippen molar-refractivity contribution in [1.29, 1.82) is 0 Å². The molecular formula is C13H10NaO5S. The maximum Gasteiger partial charge on any atom is 0.446 e. The second kappa shape index (κ2) is 7.01. The zero-order valence-corrected chi connectivity index (χ0v) is 13.5. The van der Waals surface area contributed by atoms with E-state index in [4.69, 9.17) is 4.55 Å². The molecule has 20 heavy (non-hydrogen) atoms. The number of hydrogen-bond acceptors (Lipinski definition) is 4. The largest absolute Gasteiger partial charge is 0.446 e. The molecule has 0 saturated carbocycles. The van der Waals surface area contributed by atoms with Crippen LogP contribution in [0.2, 0.25) is 0 Å². The number of carbonyl (C=O) groups is 1. The summed E-state index contributed by atoms with van der Waals surface area (Å²) in [6.07, 6.45) is 0. The smallest absolute Gasteiger partial charge is 0.361 e. The van der Waals surface area contributed by atoms with Crippen molar-refractivity contribution in [2.45, 2.75) is 0 Å². The van der Waals surface area contributed by atoms with Crippen LogP contribution in [0, 0.1) is 0 Å². The Bertz CT molecular complexity index is 698. The van der Waals surface area contributed by atoms with Crippen molar-refractivity contribution >= 4 is 45.7 Å². The number of benzene rings is 2. The van der Waals surface area contributed by atoms with Crippen molar-refractivity contribution in [3.63, 3.8) is 0 Å². The zero-order chi connectivity index (χ0) is 13.9. The van der Waals surface area contributed by atoms with Crippen LogP contribution in [0.25, 0.3) is 0 Å². The average molecular weight is 301 g/mol. The summed E-state index contributed by atoms with van der Waals surface area (Å²) in [7, 11) is -4.67. The summed E-state index contributed by atoms with van der Waals surface area (Å²) in [4.78, 5) is 12.2. The summed E-state index contributed by atoms with van der Waals surface area (Å²) >= 11 is 0. The molecule has 1 N–H and O–H groups in total. The molecule has 1 radical (unpaired) electrons. The minimum absolute atomic E-state index is 0. The summed E-state index contributed by atoms with van der Waals surface area (Å²) in [5.74, 6) is -0.598. The van der Waals surface area contributed by atoms with Gasteiger partial charge >= 0.3 is 10.4 Å². The number of ketones is 1. The molecule has 7 heteroatoms. The molecule has 0 aromatic heterocycles. The maximum atomic E-state index is 12.2. The van der Waals surface area contributed by atoms with E-state index in [1.165, 1.54) is 18.2 Å². The van der Waals surface area contributed by atoms with E-state index < -0.39 is 10.4 Å². The van der Waals surface area contributed by atoms with Crippen molar-refractivity contribution in [3.8, 4) is 5.75 Å². The van der Waals surface area contributed by atoms with Gasteiger partial charge in [0.05, 0.1) is 5.56 Å². The predicted molar refractivity (Wildman–Crippen MR) is 74.2 cm³/mol. The molecule has 0 unspecified atom stereocenters. The zero-order valence-electron chi connectivity index (χ0n) is 10.7. The predicted octanol–water partition coefficient (Wildman–Crippen LogP) is 1.72. The van der Waals surface area contributed by atoms with Gasteiger partial charge in [-0.05, 0) is 12.1 Å². The first-order valence-corrected chi connectivity index (χ1v) is 6.69. The second-order valence-corrected chi connectivity index (χ2v) is 4.72. The molecule has 0 spiro atoms. The molecule has 0 fully saturated rings. The van der Waals surface area contributed by atoms with Crippen molar-refractivity contribution < 1.29 is 21.9 Å². The van der Waals surface area contributed by atoms with Gasteiger partial charge in [0.25, 0.3) is 0 Å². The molecule has 0 amide bonds. The third-order valence-electron chi connectivity index (χ3n) is 2.36. The molecule has 5 nitrogen and oxygen atoms in total. The summed E-state index contributed by atoms with van der Waals surface area (Å²) in [5.41, 5.74) is 0.459. The molecule has 0 heterocycles. The average Bonchev–Trinajstić information content (AvgIpc) is 2.38. The number of hydrogen-bond donors (Lipinski definition) is 1. The van der Waals surface area contributed by atoms with Crippen LogP contribution in [-0.2, 0) is 10.4 Å². The van der Waals surface area contributed by atoms with Crippen LogP contribution < -0.4 is 4.18 Å². The van der Waals surface area contributed by atoms with Gasteiger partial charge in [-0.3, -0.25) is 9.35 Å². The van der Waals surface area contributed by atoms with E-state index in [0.29, 0.717) is 5.56 Å². The number of carbonyl (C=O) groups excluding carboxylic acids is 1. The van der Waals surface area contributed by atoms with Crippen LogP contribution in [0.4, 0.5) is 0 Å². The monoisotopic (exact) mass is 301 g/mol. The van der Waals surface area contributed by atoms with Crippen LogP contribution in [-0.4, -0.2) is 48.3 Å². The first-order chi connectivity index (χ1) is 8.97. The van der Waals surface area contributed by atoms with E-state index in [9.17, 15) is 13.2 Å². The molecule has 0 bridgehead atoms. The van der Waals surface area contributed by atoms with E-state index in [-0.39, 0.29) is 46.7 Å². The summed E-state index contributed by atoms with van der Waals surface area (Å²) in [5, 5.41) is 0. The first-order valence-electron chi connectivity index (χ1n) is 5.33. The van der Waals surface area contributed by atoms with Crippen LogP contribution in [0.5, 0.6) is 5.75 Å². The molecule has 0 atom stereocenters. The second-order valence-electron chi connectivity index (χ2n) is 3.70. The van der Waals surface area contributed by atoms with Gasteiger partial charge in [-0.15, -0.1) is 0 Å². The van der Waals surface area contributed by atoms with Gasteiger partial charge < -0.3 is 4.18 Å². The molecule has 0 aliphatic rings. The number of rotatable bonds is 4. The molecule has 2 aromatic rings. The summed E-state index contributed by atoms with van der Waals surface area (Å²) in [6.45, 7) is 0. The summed E-state index contributed by atoms with van der Waals surface area (Å²) < 4.78 is 34.5. The Balaban J connectivity index is 0.00000200. The van der Waals surface area contributed by atoms with Crippen molar-refractivity contribution in [2.24, 2.45) is 0 Å². The third-order valence-corrected chi connectivity index (χ3v) is 2.75. The molecule has 2 rings (SSSR count). The Labute approximate surface area is 138 Å². The van der Waals surface area contributed by atoms with Crippen LogP contribution in [0.1, 0.15) is 15.9 Å². The van der Waals surface area contributed by atoms with Gasteiger partial charge in [0.2, 0.25) is 0 Å². The van der Waals surface area contributed by atoms with E-state index >= 15 is 0 Å². The van der Waals surface area contributed by atoms with Gasteiger partial charge in [0.15, 0.2) is 11.5 Å². The maximum absolute atomic E-state index is 12.2. The molecule has 0 aliphatic heterocycles. The Morgan fingerprint density at radius 2 is 1.50 bits per heavy atom. The minimum Gasteiger partial charge on any atom is -0.361 e. The fourth-order valence-electron chi connectivity index (χ4n) is 1.59.